The number of halogens is 2. The average molecular weight is 494 g/mol. The number of pyridine rings is 1. The molecule has 2 aliphatic heterocycles. The van der Waals surface area contributed by atoms with Crippen molar-refractivity contribution in [1.29, 1.82) is 0 Å². The summed E-state index contributed by atoms with van der Waals surface area (Å²) in [6.45, 7) is 2.85. The van der Waals surface area contributed by atoms with Gasteiger partial charge in [0.2, 0.25) is 5.91 Å². The van der Waals surface area contributed by atoms with Gasteiger partial charge in [0.05, 0.1) is 11.9 Å². The van der Waals surface area contributed by atoms with E-state index in [4.69, 9.17) is 11.6 Å². The largest absolute Gasteiger partial charge is 0.317 e. The topological polar surface area (TPSA) is 45.2 Å². The molecule has 1 unspecified atom stereocenters. The molecule has 0 aliphatic carbocycles. The number of rotatable bonds is 4. The molecular formula is C16H19ClIN3OP2. The maximum Gasteiger partial charge on any atom is 0.231 e. The van der Waals surface area contributed by atoms with Gasteiger partial charge >= 0.3 is 0 Å². The van der Waals surface area contributed by atoms with E-state index in [-0.39, 0.29) is 11.3 Å². The number of nitrogens with one attached hydrogen (secondary N) is 1. The Hall–Kier alpha value is -0.0600. The molecule has 1 spiro atoms. The Labute approximate surface area is 163 Å². The second-order valence-corrected chi connectivity index (χ2v) is 9.56. The standard InChI is InChI=1S/C16H19ClIN3OP2/c1-23-15-14(24-18)16(4-6-19-7-5-16)10-21(15)13(22)8-11-2-3-12(17)20-9-11/h2-3,9,19,24H,1,4-8,10H2. The summed E-state index contributed by atoms with van der Waals surface area (Å²) in [5.41, 5.74) is 2.17. The molecule has 8 heteroatoms. The molecule has 0 aromatic carbocycles. The van der Waals surface area contributed by atoms with Gasteiger partial charge in [0, 0.05) is 18.2 Å². The molecule has 128 valence electrons. The molecule has 0 radical (unpaired) electrons. The van der Waals surface area contributed by atoms with E-state index < -0.39 is 0 Å². The summed E-state index contributed by atoms with van der Waals surface area (Å²) in [5.74, 6) is 0.132. The van der Waals surface area contributed by atoms with Crippen molar-refractivity contribution in [2.24, 2.45) is 5.41 Å². The van der Waals surface area contributed by atoms with Crippen LogP contribution in [0.3, 0.4) is 0 Å². The number of aromatic nitrogens is 1. The van der Waals surface area contributed by atoms with E-state index in [1.807, 2.05) is 11.0 Å². The Morgan fingerprint density at radius 1 is 1.50 bits per heavy atom. The van der Waals surface area contributed by atoms with E-state index in [1.54, 1.807) is 12.3 Å². The second-order valence-electron chi connectivity index (χ2n) is 6.13. The van der Waals surface area contributed by atoms with Crippen LogP contribution in [0.4, 0.5) is 0 Å². The Kier molecular flexibility index (Phi) is 6.31. The van der Waals surface area contributed by atoms with Crippen LogP contribution < -0.4 is 5.32 Å². The lowest BCUT2D eigenvalue weighted by Crippen LogP contribution is -2.41. The van der Waals surface area contributed by atoms with Gasteiger partial charge in [-0.05, 0) is 49.1 Å². The predicted molar refractivity (Wildman–Crippen MR) is 113 cm³/mol. The zero-order chi connectivity index (χ0) is 17.2. The van der Waals surface area contributed by atoms with Crippen molar-refractivity contribution in [3.8, 4) is 0 Å². The minimum absolute atomic E-state index is 0.132. The zero-order valence-electron chi connectivity index (χ0n) is 13.2. The average Bonchev–Trinajstić information content (AvgIpc) is 2.90. The molecule has 3 heterocycles. The first kappa shape index (κ1) is 18.7. The van der Waals surface area contributed by atoms with Gasteiger partial charge in [0.15, 0.2) is 0 Å². The number of carbonyl (C=O) groups excluding carboxylic acids is 1. The van der Waals surface area contributed by atoms with Crippen LogP contribution in [-0.4, -0.2) is 41.7 Å². The van der Waals surface area contributed by atoms with Crippen molar-refractivity contribution in [1.82, 2.24) is 15.2 Å². The normalized spacial score (nSPS) is 20.7. The van der Waals surface area contributed by atoms with Crippen LogP contribution >= 0.6 is 48.1 Å². The Morgan fingerprint density at radius 3 is 2.83 bits per heavy atom. The summed E-state index contributed by atoms with van der Waals surface area (Å²) in [6, 6.07) is 3.60. The quantitative estimate of drug-likeness (QED) is 0.391. The maximum absolute atomic E-state index is 12.9. The minimum atomic E-state index is 0.132. The highest BCUT2D eigenvalue weighted by atomic mass is 127. The van der Waals surface area contributed by atoms with Crippen molar-refractivity contribution < 1.29 is 4.79 Å². The van der Waals surface area contributed by atoms with Crippen LogP contribution in [0.5, 0.6) is 0 Å². The second kappa shape index (κ2) is 8.09. The summed E-state index contributed by atoms with van der Waals surface area (Å²) in [6.07, 6.45) is 9.01. The molecule has 4 nitrogen and oxygen atoms in total. The number of hydrogen-bond acceptors (Lipinski definition) is 3. The van der Waals surface area contributed by atoms with Gasteiger partial charge < -0.3 is 10.2 Å². The third kappa shape index (κ3) is 3.71. The van der Waals surface area contributed by atoms with Crippen molar-refractivity contribution in [2.45, 2.75) is 19.3 Å². The highest BCUT2D eigenvalue weighted by Crippen LogP contribution is 2.57. The van der Waals surface area contributed by atoms with Crippen LogP contribution in [0.25, 0.3) is 0 Å². The summed E-state index contributed by atoms with van der Waals surface area (Å²) < 4.78 is 0. The van der Waals surface area contributed by atoms with Crippen molar-refractivity contribution in [3.05, 3.63) is 39.8 Å². The number of nitrogens with zero attached hydrogens (tertiary/aromatic N) is 2. The van der Waals surface area contributed by atoms with E-state index in [0.717, 1.165) is 51.7 Å². The molecule has 2 aliphatic rings. The van der Waals surface area contributed by atoms with Gasteiger partial charge in [-0.25, -0.2) is 4.98 Å². The third-order valence-corrected chi connectivity index (χ3v) is 8.49. The number of amides is 1. The van der Waals surface area contributed by atoms with E-state index >= 15 is 0 Å². The predicted octanol–water partition coefficient (Wildman–Crippen LogP) is 4.07. The molecule has 24 heavy (non-hydrogen) atoms. The summed E-state index contributed by atoms with van der Waals surface area (Å²) in [7, 11) is 0.935. The summed E-state index contributed by atoms with van der Waals surface area (Å²) in [5, 5.41) is 5.34. The fourth-order valence-corrected chi connectivity index (χ4v) is 8.57. The van der Waals surface area contributed by atoms with E-state index in [1.165, 1.54) is 5.31 Å². The van der Waals surface area contributed by atoms with Gasteiger partial charge in [0.1, 0.15) is 5.15 Å². The van der Waals surface area contributed by atoms with E-state index in [9.17, 15) is 4.79 Å². The van der Waals surface area contributed by atoms with Crippen molar-refractivity contribution in [2.75, 3.05) is 19.6 Å². The molecule has 3 rings (SSSR count). The first-order valence-electron chi connectivity index (χ1n) is 7.79. The molecule has 1 amide bonds. The third-order valence-electron chi connectivity index (χ3n) is 4.72. The van der Waals surface area contributed by atoms with Gasteiger partial charge in [0.25, 0.3) is 0 Å². The number of hydrogen-bond donors (Lipinski definition) is 1. The molecular weight excluding hydrogens is 475 g/mol. The van der Waals surface area contributed by atoms with Gasteiger partial charge in [-0.1, -0.05) is 54.2 Å². The van der Waals surface area contributed by atoms with Crippen LogP contribution in [-0.2, 0) is 11.2 Å². The molecule has 1 aromatic rings. The Bertz CT molecular complexity index is 674. The first-order chi connectivity index (χ1) is 11.6. The smallest absolute Gasteiger partial charge is 0.231 e. The van der Waals surface area contributed by atoms with Crippen molar-refractivity contribution in [3.63, 3.8) is 0 Å². The first-order valence-corrected chi connectivity index (χ1v) is 13.4. The van der Waals surface area contributed by atoms with Crippen molar-refractivity contribution >= 4 is 60.3 Å². The summed E-state index contributed by atoms with van der Waals surface area (Å²) >= 11 is 8.28. The van der Waals surface area contributed by atoms with Crippen LogP contribution in [0, 0.1) is 5.41 Å². The monoisotopic (exact) mass is 493 g/mol. The molecule has 1 atom stereocenters. The minimum Gasteiger partial charge on any atom is -0.317 e. The van der Waals surface area contributed by atoms with Crippen LogP contribution in [0.2, 0.25) is 5.15 Å². The van der Waals surface area contributed by atoms with Crippen LogP contribution in [0.15, 0.2) is 29.1 Å². The van der Waals surface area contributed by atoms with Crippen LogP contribution in [0.1, 0.15) is 18.4 Å². The van der Waals surface area contributed by atoms with Gasteiger partial charge in [-0.3, -0.25) is 4.79 Å². The zero-order valence-corrected chi connectivity index (χ0v) is 18.0. The van der Waals surface area contributed by atoms with E-state index in [2.05, 4.69) is 38.6 Å². The maximum atomic E-state index is 12.9. The molecule has 0 bridgehead atoms. The molecule has 1 saturated heterocycles. The highest BCUT2D eigenvalue weighted by Gasteiger charge is 2.46. The lowest BCUT2D eigenvalue weighted by atomic mass is 9.80. The lowest BCUT2D eigenvalue weighted by molar-refractivity contribution is -0.128. The molecule has 0 saturated carbocycles. The molecule has 1 N–H and O–H groups in total. The van der Waals surface area contributed by atoms with Gasteiger partial charge in [-0.15, -0.1) is 0 Å². The number of carbonyl (C=O) groups is 1. The number of piperidine rings is 1. The fourth-order valence-electron chi connectivity index (χ4n) is 3.44. The SMILES string of the molecule is C=PC1=C(PI)C2(CCNCC2)CN1C(=O)Cc1ccc(Cl)nc1. The van der Waals surface area contributed by atoms with E-state index in [0.29, 0.717) is 17.8 Å². The highest BCUT2D eigenvalue weighted by molar-refractivity contribution is 14.2. The fraction of sp³-hybridized carbons (Fsp3) is 0.438. The summed E-state index contributed by atoms with van der Waals surface area (Å²) in [4.78, 5) is 19.0. The molecule has 1 aromatic heterocycles. The Morgan fingerprint density at radius 2 is 2.25 bits per heavy atom. The van der Waals surface area contributed by atoms with Gasteiger partial charge in [-0.2, -0.15) is 0 Å². The Balaban J connectivity index is 1.84. The lowest BCUT2D eigenvalue weighted by Gasteiger charge is -2.36. The molecule has 1 fully saturated rings.